The zero-order valence-electron chi connectivity index (χ0n) is 51.4. The molecule has 9 amide bonds. The highest BCUT2D eigenvalue weighted by Gasteiger charge is 2.42. The number of carboxylic acid groups (broad SMARTS) is 2. The number of hydrogen-bond donors (Lipinski definition) is 15. The molecule has 0 aliphatic carbocycles. The number of carbonyl (C=O) groups excluding carboxylic acids is 9. The number of carboxylic acids is 2. The zero-order valence-corrected chi connectivity index (χ0v) is 53.1. The van der Waals surface area contributed by atoms with E-state index in [1.807, 2.05) is 24.3 Å². The molecule has 0 saturated carbocycles. The Morgan fingerprint density at radius 2 is 1.07 bits per heavy atom. The third kappa shape index (κ3) is 19.0. The van der Waals surface area contributed by atoms with Crippen LogP contribution in [-0.4, -0.2) is 203 Å². The van der Waals surface area contributed by atoms with Crippen molar-refractivity contribution >= 4 is 111 Å². The van der Waals surface area contributed by atoms with Crippen LogP contribution in [0.2, 0.25) is 0 Å². The van der Waals surface area contributed by atoms with Crippen LogP contribution in [0, 0.1) is 5.92 Å². The number of rotatable bonds is 33. The van der Waals surface area contributed by atoms with Crippen molar-refractivity contribution in [1.29, 1.82) is 0 Å². The van der Waals surface area contributed by atoms with E-state index in [0.29, 0.717) is 46.2 Å². The van der Waals surface area contributed by atoms with Gasteiger partial charge in [-0.2, -0.15) is 24.4 Å². The topological polar surface area (TPSA) is 417 Å². The van der Waals surface area contributed by atoms with E-state index in [0.717, 1.165) is 10.9 Å². The first-order chi connectivity index (χ1) is 44.0. The van der Waals surface area contributed by atoms with E-state index in [1.54, 1.807) is 68.9 Å². The van der Waals surface area contributed by atoms with Crippen LogP contribution in [-0.2, 0) is 72.0 Å². The van der Waals surface area contributed by atoms with E-state index < -0.39 is 145 Å². The minimum Gasteiger partial charge on any atom is -0.508 e. The third-order valence-electron chi connectivity index (χ3n) is 16.3. The van der Waals surface area contributed by atoms with Gasteiger partial charge in [0.1, 0.15) is 66.2 Å². The molecule has 0 unspecified atom stereocenters. The maximum absolute atomic E-state index is 15.1. The first-order valence-corrected chi connectivity index (χ1v) is 32.5. The molecule has 15 N–H and O–H groups in total. The molecule has 2 aromatic heterocycles. The number of aliphatic hydroxyl groups is 1. The lowest BCUT2D eigenvalue weighted by Crippen LogP contribution is -2.61. The van der Waals surface area contributed by atoms with Crippen molar-refractivity contribution in [2.24, 2.45) is 11.7 Å². The van der Waals surface area contributed by atoms with Crippen LogP contribution in [0.25, 0.3) is 21.8 Å². The Hall–Kier alpha value is -8.67. The molecule has 10 atom stereocenters. The molecule has 0 bridgehead atoms. The molecule has 29 heteroatoms. The van der Waals surface area contributed by atoms with Crippen LogP contribution in [0.15, 0.2) is 85.2 Å². The lowest BCUT2D eigenvalue weighted by atomic mass is 10.00. The number of thioether (sulfide) groups is 1. The molecule has 27 nitrogen and oxygen atoms in total. The number of phenols is 1. The van der Waals surface area contributed by atoms with E-state index in [4.69, 9.17) is 5.73 Å². The second kappa shape index (κ2) is 33.6. The predicted octanol–water partition coefficient (Wildman–Crippen LogP) is 0.756. The number of fused-ring (bicyclic) bond motifs is 2. The van der Waals surface area contributed by atoms with Gasteiger partial charge >= 0.3 is 11.9 Å². The highest BCUT2D eigenvalue weighted by molar-refractivity contribution is 7.98. The van der Waals surface area contributed by atoms with Crippen molar-refractivity contribution in [3.8, 4) is 5.75 Å². The van der Waals surface area contributed by atoms with E-state index in [-0.39, 0.29) is 75.5 Å². The summed E-state index contributed by atoms with van der Waals surface area (Å²) in [5.74, 6) is -10.0. The fourth-order valence-electron chi connectivity index (χ4n) is 11.4. The largest absolute Gasteiger partial charge is 0.508 e. The van der Waals surface area contributed by atoms with Crippen LogP contribution < -0.4 is 43.0 Å². The number of H-pyrrole nitrogens is 2. The average Bonchev–Trinajstić information content (AvgIpc) is 1.66. The average molecular weight is 1310 g/mol. The Bertz CT molecular complexity index is 3450. The first kappa shape index (κ1) is 70.8. The van der Waals surface area contributed by atoms with Crippen LogP contribution in [0.1, 0.15) is 81.9 Å². The number of nitrogens with one attached hydrogen (secondary N) is 9. The number of hydrogen-bond acceptors (Lipinski definition) is 16. The Kier molecular flexibility index (Phi) is 25.8. The van der Waals surface area contributed by atoms with E-state index in [9.17, 15) is 68.4 Å². The summed E-state index contributed by atoms with van der Waals surface area (Å²) in [5.41, 5.74) is 8.85. The standard InChI is InChI=1S/C63H82N12O15S2/c1-34(2)26-46(70-60(86)51-14-8-23-74(51)61(87)48(28-36-30-65-42-12-6-4-10-39(36)42)71-55(81)44(20-21-53(78)79)67-59(85)50(33-91)73-54(80)41(64)32-76)57(83)69-47(27-35-16-18-38(77)19-17-35)58(84)68-45(22-25-92-3)56(82)72-49(62(88)75-24-9-15-52(75)63(89)90)29-37-31-66-43-13-7-5-11-40(37)43/h4-7,10-13,16-19,30-31,34,41,44-52,65-66,76-77,91H,8-9,14-15,20-29,32-33,64H2,1-3H3,(H,67,85)(H,68,84)(H,69,83)(H,70,86)(H,71,81)(H,72,82)(H,73,80)(H,78,79)(H,89,90)/t41-,44-,45-,46-,47-,48-,49-,50-,51-,52-/m0/s1. The number of phenolic OH excluding ortho intramolecular Hbond substituents is 1. The monoisotopic (exact) mass is 1310 g/mol. The van der Waals surface area contributed by atoms with Gasteiger partial charge in [0.2, 0.25) is 53.2 Å². The van der Waals surface area contributed by atoms with Gasteiger partial charge in [-0.25, -0.2) is 4.79 Å². The van der Waals surface area contributed by atoms with Gasteiger partial charge in [0.05, 0.1) is 6.61 Å². The quantitative estimate of drug-likeness (QED) is 0.0258. The Morgan fingerprint density at radius 1 is 0.598 bits per heavy atom. The fraction of sp³-hybridized carbons (Fsp3) is 0.476. The number of aromatic amines is 2. The Balaban J connectivity index is 1.12. The molecular weight excluding hydrogens is 1230 g/mol. The van der Waals surface area contributed by atoms with Gasteiger partial charge < -0.3 is 83.1 Å². The third-order valence-corrected chi connectivity index (χ3v) is 17.3. The fourth-order valence-corrected chi connectivity index (χ4v) is 12.2. The van der Waals surface area contributed by atoms with E-state index in [1.165, 1.54) is 33.7 Å². The first-order valence-electron chi connectivity index (χ1n) is 30.5. The number of aliphatic carboxylic acids is 2. The van der Waals surface area contributed by atoms with Gasteiger partial charge in [-0.05, 0) is 104 Å². The molecule has 0 radical (unpaired) electrons. The van der Waals surface area contributed by atoms with Crippen molar-refractivity contribution in [3.63, 3.8) is 0 Å². The van der Waals surface area contributed by atoms with Crippen molar-refractivity contribution in [2.45, 2.75) is 145 Å². The molecule has 3 aromatic carbocycles. The summed E-state index contributed by atoms with van der Waals surface area (Å²) in [7, 11) is 0. The van der Waals surface area contributed by atoms with Gasteiger partial charge in [0, 0.05) is 78.7 Å². The summed E-state index contributed by atoms with van der Waals surface area (Å²) in [6, 6.07) is 6.96. The number of carbonyl (C=O) groups is 11. The summed E-state index contributed by atoms with van der Waals surface area (Å²) >= 11 is 5.53. The Labute approximate surface area is 540 Å². The van der Waals surface area contributed by atoms with Gasteiger partial charge in [-0.1, -0.05) is 62.4 Å². The number of benzene rings is 3. The second-order valence-electron chi connectivity index (χ2n) is 23.5. The maximum Gasteiger partial charge on any atom is 0.326 e. The summed E-state index contributed by atoms with van der Waals surface area (Å²) in [6.45, 7) is 3.05. The number of nitrogens with zero attached hydrogens (tertiary/aromatic N) is 2. The molecule has 2 aliphatic heterocycles. The number of thiol groups is 1. The summed E-state index contributed by atoms with van der Waals surface area (Å²) in [4.78, 5) is 162. The molecule has 7 rings (SSSR count). The molecule has 5 aromatic rings. The highest BCUT2D eigenvalue weighted by atomic mass is 32.2. The summed E-state index contributed by atoms with van der Waals surface area (Å²) in [5, 5.41) is 59.5. The van der Waals surface area contributed by atoms with Gasteiger partial charge in [0.15, 0.2) is 0 Å². The van der Waals surface area contributed by atoms with Crippen molar-refractivity contribution < 1.29 is 73.2 Å². The summed E-state index contributed by atoms with van der Waals surface area (Å²) < 4.78 is 0. The zero-order chi connectivity index (χ0) is 66.8. The number of para-hydroxylation sites is 2. The van der Waals surface area contributed by atoms with Crippen molar-refractivity contribution in [2.75, 3.05) is 37.5 Å². The van der Waals surface area contributed by atoms with Crippen LogP contribution in [0.3, 0.4) is 0 Å². The molecule has 496 valence electrons. The molecular formula is C63H82N12O15S2. The molecule has 92 heavy (non-hydrogen) atoms. The molecule has 2 saturated heterocycles. The number of aromatic hydroxyl groups is 1. The van der Waals surface area contributed by atoms with Gasteiger partial charge in [-0.3, -0.25) is 47.9 Å². The minimum atomic E-state index is -1.59. The number of amides is 9. The summed E-state index contributed by atoms with van der Waals surface area (Å²) in [6.07, 6.45) is 4.92. The van der Waals surface area contributed by atoms with Gasteiger partial charge in [0.25, 0.3) is 0 Å². The number of nitrogens with two attached hydrogens (primary N) is 1. The lowest BCUT2D eigenvalue weighted by Gasteiger charge is -2.31. The lowest BCUT2D eigenvalue weighted by molar-refractivity contribution is -0.149. The SMILES string of the molecule is CSCC[C@H](NC(=O)[C@H](Cc1ccc(O)cc1)NC(=O)[C@H](CC(C)C)NC(=O)[C@@H]1CCCN1C(=O)[C@H](Cc1c[nH]c2ccccc12)NC(=O)[C@H](CCC(=O)O)NC(=O)[C@H](CS)NC(=O)[C@@H](N)CO)C(=O)N[C@@H](Cc1c[nH]c2ccccc12)C(=O)N1CCC[C@H]1C(=O)O. The van der Waals surface area contributed by atoms with Crippen LogP contribution in [0.5, 0.6) is 5.75 Å². The van der Waals surface area contributed by atoms with Crippen LogP contribution in [0.4, 0.5) is 0 Å². The molecule has 2 aliphatic rings. The van der Waals surface area contributed by atoms with Crippen LogP contribution >= 0.6 is 24.4 Å². The number of aromatic nitrogens is 2. The molecule has 4 heterocycles. The van der Waals surface area contributed by atoms with Crippen molar-refractivity contribution in [1.82, 2.24) is 57.0 Å². The molecule has 2 fully saturated rings. The van der Waals surface area contributed by atoms with Crippen molar-refractivity contribution in [3.05, 3.63) is 102 Å². The highest BCUT2D eigenvalue weighted by Crippen LogP contribution is 2.26. The van der Waals surface area contributed by atoms with E-state index >= 15 is 4.79 Å². The van der Waals surface area contributed by atoms with E-state index in [2.05, 4.69) is 59.8 Å². The Morgan fingerprint density at radius 3 is 1.58 bits per heavy atom. The smallest absolute Gasteiger partial charge is 0.326 e. The minimum absolute atomic E-state index is 0.0237. The number of likely N-dealkylation sites (tertiary alicyclic amines) is 2. The maximum atomic E-state index is 15.1. The van der Waals surface area contributed by atoms with Gasteiger partial charge in [-0.15, -0.1) is 0 Å². The molecule has 0 spiro atoms. The normalized spacial score (nSPS) is 17.3. The predicted molar refractivity (Wildman–Crippen MR) is 345 cm³/mol. The second-order valence-corrected chi connectivity index (χ2v) is 24.8. The number of aliphatic hydroxyl groups excluding tert-OH is 1.